The zero-order valence-electron chi connectivity index (χ0n) is 13.6. The summed E-state index contributed by atoms with van der Waals surface area (Å²) in [5.41, 5.74) is -0.306. The lowest BCUT2D eigenvalue weighted by molar-refractivity contribution is -0.127. The van der Waals surface area contributed by atoms with Gasteiger partial charge in [-0.15, -0.1) is 0 Å². The molecular formula is C16H24N2O4. The molecule has 1 aromatic rings. The maximum absolute atomic E-state index is 11.6. The van der Waals surface area contributed by atoms with Crippen LogP contribution in [0.15, 0.2) is 24.3 Å². The van der Waals surface area contributed by atoms with E-state index in [1.54, 1.807) is 31.4 Å². The van der Waals surface area contributed by atoms with E-state index in [-0.39, 0.29) is 36.9 Å². The van der Waals surface area contributed by atoms with E-state index in [0.717, 1.165) is 5.75 Å². The highest BCUT2D eigenvalue weighted by Gasteiger charge is 2.14. The molecule has 0 radical (unpaired) electrons. The minimum atomic E-state index is -0.306. The molecule has 0 aliphatic rings. The van der Waals surface area contributed by atoms with Crippen molar-refractivity contribution in [2.45, 2.75) is 32.7 Å². The summed E-state index contributed by atoms with van der Waals surface area (Å²) in [6, 6.07) is 7.11. The van der Waals surface area contributed by atoms with Gasteiger partial charge in [0.2, 0.25) is 11.8 Å². The van der Waals surface area contributed by atoms with Gasteiger partial charge in [-0.3, -0.25) is 9.59 Å². The van der Waals surface area contributed by atoms with Crippen LogP contribution in [0.5, 0.6) is 11.5 Å². The number of ether oxygens (including phenoxy) is 2. The molecule has 0 atom stereocenters. The molecule has 0 spiro atoms. The summed E-state index contributed by atoms with van der Waals surface area (Å²) in [7, 11) is 1.59. The zero-order chi connectivity index (χ0) is 16.6. The van der Waals surface area contributed by atoms with Crippen LogP contribution >= 0.6 is 0 Å². The molecule has 0 fully saturated rings. The van der Waals surface area contributed by atoms with Gasteiger partial charge >= 0.3 is 0 Å². The quantitative estimate of drug-likeness (QED) is 0.800. The molecule has 1 aromatic carbocycles. The van der Waals surface area contributed by atoms with Crippen LogP contribution in [0.3, 0.4) is 0 Å². The van der Waals surface area contributed by atoms with Crippen molar-refractivity contribution in [3.8, 4) is 11.5 Å². The lowest BCUT2D eigenvalue weighted by Crippen LogP contribution is -2.45. The minimum absolute atomic E-state index is 0.0291. The monoisotopic (exact) mass is 308 g/mol. The molecule has 0 saturated heterocycles. The Morgan fingerprint density at radius 2 is 1.64 bits per heavy atom. The molecule has 1 rings (SSSR count). The zero-order valence-corrected chi connectivity index (χ0v) is 13.6. The normalized spacial score (nSPS) is 10.7. The smallest absolute Gasteiger partial charge is 0.239 e. The first-order valence-corrected chi connectivity index (χ1v) is 7.15. The number of nitrogens with one attached hydrogen (secondary N) is 2. The van der Waals surface area contributed by atoms with Gasteiger partial charge in [-0.25, -0.2) is 0 Å². The van der Waals surface area contributed by atoms with E-state index < -0.39 is 0 Å². The van der Waals surface area contributed by atoms with E-state index in [1.165, 1.54) is 0 Å². The van der Waals surface area contributed by atoms with Crippen molar-refractivity contribution >= 4 is 11.8 Å². The third-order valence-corrected chi connectivity index (χ3v) is 2.62. The number of methoxy groups -OCH3 is 1. The second kappa shape index (κ2) is 8.26. The molecule has 2 N–H and O–H groups in total. The van der Waals surface area contributed by atoms with Crippen LogP contribution in [-0.2, 0) is 9.59 Å². The fourth-order valence-electron chi connectivity index (χ4n) is 1.66. The predicted molar refractivity (Wildman–Crippen MR) is 84.0 cm³/mol. The van der Waals surface area contributed by atoms with E-state index in [1.807, 2.05) is 20.8 Å². The molecule has 0 heterocycles. The molecule has 122 valence electrons. The first-order chi connectivity index (χ1) is 10.3. The molecule has 0 aromatic heterocycles. The van der Waals surface area contributed by atoms with Crippen molar-refractivity contribution in [2.24, 2.45) is 0 Å². The van der Waals surface area contributed by atoms with Gasteiger partial charge in [-0.1, -0.05) is 0 Å². The first kappa shape index (κ1) is 17.8. The second-order valence-electron chi connectivity index (χ2n) is 5.85. The summed E-state index contributed by atoms with van der Waals surface area (Å²) in [6.45, 7) is 5.87. The fourth-order valence-corrected chi connectivity index (χ4v) is 1.66. The number of amides is 2. The summed E-state index contributed by atoms with van der Waals surface area (Å²) in [5.74, 6) is 0.975. The Labute approximate surface area is 131 Å². The van der Waals surface area contributed by atoms with Gasteiger partial charge in [-0.2, -0.15) is 0 Å². The van der Waals surface area contributed by atoms with Gasteiger partial charge in [0.15, 0.2) is 0 Å². The van der Waals surface area contributed by atoms with Crippen LogP contribution in [0.4, 0.5) is 0 Å². The standard InChI is InChI=1S/C16H24N2O4/c1-16(2,3)18-15(20)11-17-14(19)9-10-22-13-7-5-12(21-4)6-8-13/h5-8H,9-11H2,1-4H3,(H,17,19)(H,18,20). The Hall–Kier alpha value is -2.24. The molecule has 0 aliphatic heterocycles. The Kier molecular flexibility index (Phi) is 6.69. The number of benzene rings is 1. The highest BCUT2D eigenvalue weighted by Crippen LogP contribution is 2.16. The van der Waals surface area contributed by atoms with E-state index in [9.17, 15) is 9.59 Å². The van der Waals surface area contributed by atoms with Gasteiger partial charge in [0.1, 0.15) is 11.5 Å². The molecule has 0 unspecified atom stereocenters. The van der Waals surface area contributed by atoms with Crippen molar-refractivity contribution in [1.82, 2.24) is 10.6 Å². The van der Waals surface area contributed by atoms with Crippen LogP contribution < -0.4 is 20.1 Å². The van der Waals surface area contributed by atoms with E-state index in [0.29, 0.717) is 5.75 Å². The third kappa shape index (κ3) is 7.52. The van der Waals surface area contributed by atoms with Crippen LogP contribution in [0, 0.1) is 0 Å². The van der Waals surface area contributed by atoms with Crippen molar-refractivity contribution in [2.75, 3.05) is 20.3 Å². The van der Waals surface area contributed by atoms with Crippen LogP contribution in [-0.4, -0.2) is 37.6 Å². The maximum atomic E-state index is 11.6. The maximum Gasteiger partial charge on any atom is 0.239 e. The summed E-state index contributed by atoms with van der Waals surface area (Å²) >= 11 is 0. The highest BCUT2D eigenvalue weighted by atomic mass is 16.5. The average molecular weight is 308 g/mol. The average Bonchev–Trinajstić information content (AvgIpc) is 2.44. The van der Waals surface area contributed by atoms with Gasteiger partial charge < -0.3 is 20.1 Å². The Morgan fingerprint density at radius 3 is 2.18 bits per heavy atom. The number of hydrogen-bond acceptors (Lipinski definition) is 4. The molecule has 22 heavy (non-hydrogen) atoms. The Balaban J connectivity index is 2.21. The predicted octanol–water partition coefficient (Wildman–Crippen LogP) is 1.49. The Bertz CT molecular complexity index is 492. The van der Waals surface area contributed by atoms with Gasteiger partial charge in [0.25, 0.3) is 0 Å². The van der Waals surface area contributed by atoms with Crippen LogP contribution in [0.1, 0.15) is 27.2 Å². The molecule has 6 heteroatoms. The van der Waals surface area contributed by atoms with E-state index >= 15 is 0 Å². The topological polar surface area (TPSA) is 76.7 Å². The van der Waals surface area contributed by atoms with Crippen molar-refractivity contribution in [3.63, 3.8) is 0 Å². The lowest BCUT2D eigenvalue weighted by atomic mass is 10.1. The SMILES string of the molecule is COc1ccc(OCCC(=O)NCC(=O)NC(C)(C)C)cc1. The van der Waals surface area contributed by atoms with E-state index in [4.69, 9.17) is 9.47 Å². The molecule has 6 nitrogen and oxygen atoms in total. The van der Waals surface area contributed by atoms with Gasteiger partial charge in [-0.05, 0) is 45.0 Å². The molecule has 0 aliphatic carbocycles. The molecule has 0 bridgehead atoms. The van der Waals surface area contributed by atoms with Crippen molar-refractivity contribution in [3.05, 3.63) is 24.3 Å². The van der Waals surface area contributed by atoms with E-state index in [2.05, 4.69) is 10.6 Å². The molecule has 0 saturated carbocycles. The van der Waals surface area contributed by atoms with Gasteiger partial charge in [0.05, 0.1) is 26.7 Å². The largest absolute Gasteiger partial charge is 0.497 e. The summed E-state index contributed by atoms with van der Waals surface area (Å²) in [6.07, 6.45) is 0.189. The number of carbonyl (C=O) groups excluding carboxylic acids is 2. The number of hydrogen-bond donors (Lipinski definition) is 2. The van der Waals surface area contributed by atoms with Crippen LogP contribution in [0.2, 0.25) is 0 Å². The second-order valence-corrected chi connectivity index (χ2v) is 5.85. The highest BCUT2D eigenvalue weighted by molar-refractivity contribution is 5.85. The molecular weight excluding hydrogens is 284 g/mol. The summed E-state index contributed by atoms with van der Waals surface area (Å²) in [4.78, 5) is 23.2. The Morgan fingerprint density at radius 1 is 1.05 bits per heavy atom. The molecule has 2 amide bonds. The van der Waals surface area contributed by atoms with Crippen LogP contribution in [0.25, 0.3) is 0 Å². The third-order valence-electron chi connectivity index (χ3n) is 2.62. The summed E-state index contributed by atoms with van der Waals surface area (Å²) in [5, 5.41) is 5.33. The number of rotatable bonds is 7. The number of carbonyl (C=O) groups is 2. The van der Waals surface area contributed by atoms with Crippen molar-refractivity contribution < 1.29 is 19.1 Å². The van der Waals surface area contributed by atoms with Gasteiger partial charge in [0, 0.05) is 5.54 Å². The lowest BCUT2D eigenvalue weighted by Gasteiger charge is -2.20. The first-order valence-electron chi connectivity index (χ1n) is 7.15. The fraction of sp³-hybridized carbons (Fsp3) is 0.500. The summed E-state index contributed by atoms with van der Waals surface area (Å²) < 4.78 is 10.5. The van der Waals surface area contributed by atoms with Crippen molar-refractivity contribution in [1.29, 1.82) is 0 Å². The minimum Gasteiger partial charge on any atom is -0.497 e.